The molecule has 1 aromatic carbocycles. The minimum atomic E-state index is 0.292. The van der Waals surface area contributed by atoms with Crippen molar-refractivity contribution >= 4 is 11.6 Å². The molecule has 0 aliphatic carbocycles. The molecule has 0 amide bonds. The van der Waals surface area contributed by atoms with Gasteiger partial charge in [0.2, 0.25) is 0 Å². The number of likely N-dealkylation sites (tertiary alicyclic amines) is 1. The van der Waals surface area contributed by atoms with Crippen molar-refractivity contribution in [2.24, 2.45) is 5.92 Å². The number of nitrogens with zero attached hydrogens (tertiary/aromatic N) is 1. The van der Waals surface area contributed by atoms with Crippen LogP contribution in [0.15, 0.2) is 12.1 Å². The van der Waals surface area contributed by atoms with Crippen molar-refractivity contribution in [3.63, 3.8) is 0 Å². The van der Waals surface area contributed by atoms with Crippen molar-refractivity contribution < 1.29 is 9.84 Å². The Balaban J connectivity index is 1.75. The first-order valence-corrected chi connectivity index (χ1v) is 6.41. The molecule has 1 saturated heterocycles. The second kappa shape index (κ2) is 4.48. The maximum absolute atomic E-state index is 9.00. The van der Waals surface area contributed by atoms with Gasteiger partial charge in [0.15, 0.2) is 0 Å². The number of benzene rings is 1. The van der Waals surface area contributed by atoms with Crippen molar-refractivity contribution in [3.05, 3.63) is 28.3 Å². The first-order chi connectivity index (χ1) is 8.26. The van der Waals surface area contributed by atoms with Crippen LogP contribution in [0, 0.1) is 5.92 Å². The molecule has 0 radical (unpaired) electrons. The number of aliphatic hydroxyl groups is 1. The molecule has 2 heterocycles. The summed E-state index contributed by atoms with van der Waals surface area (Å²) < 4.78 is 5.67. The van der Waals surface area contributed by atoms with E-state index in [1.807, 2.05) is 12.1 Å². The Hall–Kier alpha value is -0.770. The van der Waals surface area contributed by atoms with E-state index in [2.05, 4.69) is 4.90 Å². The molecule has 0 bridgehead atoms. The van der Waals surface area contributed by atoms with Crippen LogP contribution in [0.25, 0.3) is 0 Å². The average molecular weight is 254 g/mol. The van der Waals surface area contributed by atoms with Crippen LogP contribution in [-0.4, -0.2) is 36.3 Å². The molecule has 0 spiro atoms. The van der Waals surface area contributed by atoms with Crippen LogP contribution in [0.1, 0.15) is 11.1 Å². The Bertz CT molecular complexity index is 430. The molecule has 1 aromatic rings. The van der Waals surface area contributed by atoms with Crippen LogP contribution in [0.3, 0.4) is 0 Å². The summed E-state index contributed by atoms with van der Waals surface area (Å²) in [7, 11) is 0. The highest BCUT2D eigenvalue weighted by atomic mass is 35.5. The summed E-state index contributed by atoms with van der Waals surface area (Å²) >= 11 is 6.12. The molecular formula is C13H16ClNO2. The quantitative estimate of drug-likeness (QED) is 0.890. The zero-order valence-electron chi connectivity index (χ0n) is 9.66. The number of ether oxygens (including phenoxy) is 1. The minimum absolute atomic E-state index is 0.292. The highest BCUT2D eigenvalue weighted by Gasteiger charge is 2.27. The molecule has 1 N–H and O–H groups in total. The summed E-state index contributed by atoms with van der Waals surface area (Å²) in [5.74, 6) is 1.48. The molecule has 1 fully saturated rings. The van der Waals surface area contributed by atoms with E-state index in [1.54, 1.807) is 0 Å². The zero-order valence-corrected chi connectivity index (χ0v) is 10.4. The number of aliphatic hydroxyl groups excluding tert-OH is 1. The lowest BCUT2D eigenvalue weighted by molar-refractivity contribution is 0.0474. The number of rotatable bonds is 3. The molecule has 0 unspecified atom stereocenters. The van der Waals surface area contributed by atoms with Crippen molar-refractivity contribution in [2.75, 3.05) is 26.3 Å². The van der Waals surface area contributed by atoms with E-state index in [0.29, 0.717) is 12.5 Å². The van der Waals surface area contributed by atoms with E-state index < -0.39 is 0 Å². The Morgan fingerprint density at radius 1 is 1.41 bits per heavy atom. The van der Waals surface area contributed by atoms with Gasteiger partial charge in [0.05, 0.1) is 6.61 Å². The summed E-state index contributed by atoms with van der Waals surface area (Å²) in [5, 5.41) is 9.79. The van der Waals surface area contributed by atoms with Gasteiger partial charge in [0, 0.05) is 49.2 Å². The van der Waals surface area contributed by atoms with Gasteiger partial charge in [-0.15, -0.1) is 0 Å². The monoisotopic (exact) mass is 253 g/mol. The van der Waals surface area contributed by atoms with Gasteiger partial charge < -0.3 is 9.84 Å². The summed E-state index contributed by atoms with van der Waals surface area (Å²) in [6, 6.07) is 4.00. The van der Waals surface area contributed by atoms with E-state index >= 15 is 0 Å². The summed E-state index contributed by atoms with van der Waals surface area (Å²) in [4.78, 5) is 2.31. The second-order valence-corrected chi connectivity index (χ2v) is 5.33. The smallest absolute Gasteiger partial charge is 0.127 e. The van der Waals surface area contributed by atoms with Crippen molar-refractivity contribution in [3.8, 4) is 5.75 Å². The molecule has 2 aliphatic heterocycles. The lowest BCUT2D eigenvalue weighted by atomic mass is 9.99. The molecule has 3 rings (SSSR count). The topological polar surface area (TPSA) is 32.7 Å². The van der Waals surface area contributed by atoms with Gasteiger partial charge in [-0.05, 0) is 17.7 Å². The Morgan fingerprint density at radius 2 is 2.24 bits per heavy atom. The molecule has 4 heteroatoms. The third-order valence-corrected chi connectivity index (χ3v) is 3.73. The predicted molar refractivity (Wildman–Crippen MR) is 66.5 cm³/mol. The Morgan fingerprint density at radius 3 is 3.00 bits per heavy atom. The molecule has 0 atom stereocenters. The standard InChI is InChI=1S/C13H16ClNO2/c14-12-3-10-1-2-17-13(10)11(4-12)7-15-5-9(6-15)8-16/h3-4,9,16H,1-2,5-8H2. The number of hydrogen-bond donors (Lipinski definition) is 1. The van der Waals surface area contributed by atoms with Gasteiger partial charge >= 0.3 is 0 Å². The normalized spacial score (nSPS) is 19.9. The van der Waals surface area contributed by atoms with Crippen LogP contribution in [0.2, 0.25) is 5.02 Å². The fourth-order valence-corrected chi connectivity index (χ4v) is 2.89. The predicted octanol–water partition coefficient (Wildman–Crippen LogP) is 1.70. The fourth-order valence-electron chi connectivity index (χ4n) is 2.63. The Kier molecular flexibility index (Phi) is 2.99. The highest BCUT2D eigenvalue weighted by Crippen LogP contribution is 2.34. The number of halogens is 1. The van der Waals surface area contributed by atoms with Gasteiger partial charge in [-0.25, -0.2) is 0 Å². The molecule has 17 heavy (non-hydrogen) atoms. The van der Waals surface area contributed by atoms with Crippen LogP contribution >= 0.6 is 11.6 Å². The first-order valence-electron chi connectivity index (χ1n) is 6.03. The summed E-state index contributed by atoms with van der Waals surface area (Å²) in [6.45, 7) is 3.87. The van der Waals surface area contributed by atoms with Crippen molar-refractivity contribution in [2.45, 2.75) is 13.0 Å². The molecule has 2 aliphatic rings. The maximum atomic E-state index is 9.00. The number of hydrogen-bond acceptors (Lipinski definition) is 3. The van der Waals surface area contributed by atoms with Crippen LogP contribution in [0.5, 0.6) is 5.75 Å². The van der Waals surface area contributed by atoms with Crippen molar-refractivity contribution in [1.29, 1.82) is 0 Å². The van der Waals surface area contributed by atoms with Gasteiger partial charge in [-0.2, -0.15) is 0 Å². The SMILES string of the molecule is OCC1CN(Cc2cc(Cl)cc3c2OCC3)C1. The average Bonchev–Trinajstić information content (AvgIpc) is 2.70. The second-order valence-electron chi connectivity index (χ2n) is 4.89. The fraction of sp³-hybridized carbons (Fsp3) is 0.538. The van der Waals surface area contributed by atoms with Gasteiger partial charge in [0.25, 0.3) is 0 Å². The van der Waals surface area contributed by atoms with Gasteiger partial charge in [-0.3, -0.25) is 4.90 Å². The molecule has 0 saturated carbocycles. The van der Waals surface area contributed by atoms with E-state index in [9.17, 15) is 0 Å². The van der Waals surface area contributed by atoms with E-state index in [0.717, 1.165) is 43.4 Å². The van der Waals surface area contributed by atoms with Gasteiger partial charge in [-0.1, -0.05) is 11.6 Å². The van der Waals surface area contributed by atoms with Gasteiger partial charge in [0.1, 0.15) is 5.75 Å². The van der Waals surface area contributed by atoms with E-state index in [1.165, 1.54) is 11.1 Å². The minimum Gasteiger partial charge on any atom is -0.493 e. The maximum Gasteiger partial charge on any atom is 0.127 e. The third-order valence-electron chi connectivity index (χ3n) is 3.51. The van der Waals surface area contributed by atoms with Crippen molar-refractivity contribution in [1.82, 2.24) is 4.90 Å². The van der Waals surface area contributed by atoms with E-state index in [-0.39, 0.29) is 0 Å². The van der Waals surface area contributed by atoms with Crippen LogP contribution in [-0.2, 0) is 13.0 Å². The third kappa shape index (κ3) is 2.15. The summed E-state index contributed by atoms with van der Waals surface area (Å²) in [5.41, 5.74) is 2.41. The highest BCUT2D eigenvalue weighted by molar-refractivity contribution is 6.30. The Labute approximate surface area is 106 Å². The summed E-state index contributed by atoms with van der Waals surface area (Å²) in [6.07, 6.45) is 0.960. The first kappa shape index (κ1) is 11.3. The molecule has 92 valence electrons. The zero-order chi connectivity index (χ0) is 11.8. The molecular weight excluding hydrogens is 238 g/mol. The van der Waals surface area contributed by atoms with Crippen LogP contribution in [0.4, 0.5) is 0 Å². The molecule has 0 aromatic heterocycles. The van der Waals surface area contributed by atoms with Crippen LogP contribution < -0.4 is 4.74 Å². The lowest BCUT2D eigenvalue weighted by Crippen LogP contribution is -2.47. The number of fused-ring (bicyclic) bond motifs is 1. The molecule has 3 nitrogen and oxygen atoms in total. The van der Waals surface area contributed by atoms with E-state index in [4.69, 9.17) is 21.4 Å². The largest absolute Gasteiger partial charge is 0.493 e. The lowest BCUT2D eigenvalue weighted by Gasteiger charge is -2.38.